The van der Waals surface area contributed by atoms with Crippen LogP contribution in [0.15, 0.2) is 22.9 Å². The van der Waals surface area contributed by atoms with E-state index < -0.39 is 0 Å². The smallest absolute Gasteiger partial charge is 0.341 e. The van der Waals surface area contributed by atoms with E-state index in [-0.39, 0.29) is 11.9 Å². The first-order valence-electron chi connectivity index (χ1n) is 6.51. The van der Waals surface area contributed by atoms with Crippen LogP contribution < -0.4 is 11.5 Å². The van der Waals surface area contributed by atoms with E-state index in [1.54, 1.807) is 36.7 Å². The highest BCUT2D eigenvalue weighted by molar-refractivity contribution is 7.14. The van der Waals surface area contributed by atoms with Crippen molar-refractivity contribution in [2.75, 3.05) is 24.7 Å². The minimum Gasteiger partial charge on any atom is -0.462 e. The zero-order valence-electron chi connectivity index (χ0n) is 12.3. The Hall–Kier alpha value is -2.06. The number of hydrogen-bond donors (Lipinski definition) is 2. The molecular weight excluding hydrogens is 324 g/mol. The van der Waals surface area contributed by atoms with Crippen LogP contribution in [0.4, 0.5) is 10.0 Å². The summed E-state index contributed by atoms with van der Waals surface area (Å²) >= 11 is 2.67. The minimum atomic E-state index is -0.341. The Morgan fingerprint density at radius 1 is 0.909 bits per heavy atom. The Bertz CT molecular complexity index is 568. The molecule has 0 unspecified atom stereocenters. The van der Waals surface area contributed by atoms with Crippen LogP contribution in [-0.2, 0) is 9.47 Å². The lowest BCUT2D eigenvalue weighted by Gasteiger charge is -1.98. The Labute approximate surface area is 136 Å². The van der Waals surface area contributed by atoms with Gasteiger partial charge in [0.05, 0.1) is 24.3 Å². The van der Waals surface area contributed by atoms with E-state index in [1.807, 2.05) is 0 Å². The van der Waals surface area contributed by atoms with Crippen molar-refractivity contribution in [3.05, 3.63) is 34.0 Å². The van der Waals surface area contributed by atoms with Gasteiger partial charge in [0.1, 0.15) is 10.0 Å². The van der Waals surface area contributed by atoms with Gasteiger partial charge in [-0.15, -0.1) is 22.7 Å². The summed E-state index contributed by atoms with van der Waals surface area (Å²) in [5, 5.41) is 4.57. The lowest BCUT2D eigenvalue weighted by atomic mass is 10.3. The quantitative estimate of drug-likeness (QED) is 0.828. The van der Waals surface area contributed by atoms with Crippen LogP contribution in [-0.4, -0.2) is 25.2 Å². The summed E-state index contributed by atoms with van der Waals surface area (Å²) in [6.07, 6.45) is 0. The molecule has 0 aliphatic carbocycles. The molecule has 0 saturated carbocycles. The Balaban J connectivity index is 0.000000220. The summed E-state index contributed by atoms with van der Waals surface area (Å²) in [4.78, 5) is 22.1. The van der Waals surface area contributed by atoms with Gasteiger partial charge in [0.15, 0.2) is 0 Å². The third-order valence-corrected chi connectivity index (χ3v) is 3.87. The van der Waals surface area contributed by atoms with Crippen LogP contribution in [0.25, 0.3) is 0 Å². The number of carbonyl (C=O) groups is 2. The van der Waals surface area contributed by atoms with Crippen molar-refractivity contribution in [2.45, 2.75) is 13.8 Å². The number of anilines is 2. The minimum absolute atomic E-state index is 0.341. The molecule has 2 heterocycles. The predicted octanol–water partition coefficient (Wildman–Crippen LogP) is 3.01. The average molecular weight is 342 g/mol. The monoisotopic (exact) mass is 342 g/mol. The van der Waals surface area contributed by atoms with Gasteiger partial charge in [0, 0.05) is 0 Å². The number of thiophene rings is 2. The molecule has 0 saturated heterocycles. The fraction of sp³-hybridized carbons (Fsp3) is 0.286. The van der Waals surface area contributed by atoms with Gasteiger partial charge >= 0.3 is 11.9 Å². The second-order valence-electron chi connectivity index (χ2n) is 3.84. The van der Waals surface area contributed by atoms with Crippen LogP contribution in [0.2, 0.25) is 0 Å². The highest BCUT2D eigenvalue weighted by Crippen LogP contribution is 2.20. The zero-order chi connectivity index (χ0) is 16.5. The number of esters is 2. The van der Waals surface area contributed by atoms with Gasteiger partial charge in [-0.05, 0) is 36.7 Å². The van der Waals surface area contributed by atoms with E-state index in [2.05, 4.69) is 0 Å². The van der Waals surface area contributed by atoms with Crippen molar-refractivity contribution in [1.29, 1.82) is 0 Å². The molecule has 6 nitrogen and oxygen atoms in total. The third kappa shape index (κ3) is 5.05. The lowest BCUT2D eigenvalue weighted by Crippen LogP contribution is -2.05. The Morgan fingerprint density at radius 3 is 1.50 bits per heavy atom. The fourth-order valence-electron chi connectivity index (χ4n) is 1.40. The highest BCUT2D eigenvalue weighted by atomic mass is 32.1. The molecule has 0 fully saturated rings. The van der Waals surface area contributed by atoms with Crippen molar-refractivity contribution >= 4 is 44.6 Å². The van der Waals surface area contributed by atoms with Crippen LogP contribution in [0.3, 0.4) is 0 Å². The lowest BCUT2D eigenvalue weighted by molar-refractivity contribution is 0.0518. The topological polar surface area (TPSA) is 105 Å². The maximum absolute atomic E-state index is 11.0. The first-order chi connectivity index (χ1) is 10.5. The van der Waals surface area contributed by atoms with E-state index in [0.717, 1.165) is 0 Å². The SMILES string of the molecule is CCOC(=O)c1ccsc1N.CCOC(=O)c1ccsc1N. The van der Waals surface area contributed by atoms with Gasteiger partial charge in [-0.1, -0.05) is 0 Å². The van der Waals surface area contributed by atoms with Crippen molar-refractivity contribution in [3.8, 4) is 0 Å². The summed E-state index contributed by atoms with van der Waals surface area (Å²) in [6.45, 7) is 4.29. The molecule has 2 aromatic heterocycles. The van der Waals surface area contributed by atoms with Crippen LogP contribution >= 0.6 is 22.7 Å². The maximum atomic E-state index is 11.0. The van der Waals surface area contributed by atoms with Crippen molar-refractivity contribution in [3.63, 3.8) is 0 Å². The maximum Gasteiger partial charge on any atom is 0.341 e. The zero-order valence-corrected chi connectivity index (χ0v) is 14.0. The number of ether oxygens (including phenoxy) is 2. The number of nitrogen functional groups attached to an aromatic ring is 2. The normalized spacial score (nSPS) is 9.55. The molecule has 0 spiro atoms. The van der Waals surface area contributed by atoms with E-state index in [9.17, 15) is 9.59 Å². The molecule has 4 N–H and O–H groups in total. The van der Waals surface area contributed by atoms with E-state index in [0.29, 0.717) is 34.3 Å². The molecule has 8 heteroatoms. The highest BCUT2D eigenvalue weighted by Gasteiger charge is 2.11. The van der Waals surface area contributed by atoms with Crippen molar-refractivity contribution < 1.29 is 19.1 Å². The second-order valence-corrected chi connectivity index (χ2v) is 5.73. The van der Waals surface area contributed by atoms with Gasteiger partial charge in [-0.3, -0.25) is 0 Å². The first-order valence-corrected chi connectivity index (χ1v) is 8.27. The molecule has 0 aliphatic heterocycles. The summed E-state index contributed by atoms with van der Waals surface area (Å²) in [7, 11) is 0. The molecule has 0 aliphatic rings. The van der Waals surface area contributed by atoms with Gasteiger partial charge in [-0.2, -0.15) is 0 Å². The van der Waals surface area contributed by atoms with E-state index in [4.69, 9.17) is 20.9 Å². The van der Waals surface area contributed by atoms with Gasteiger partial charge in [0.25, 0.3) is 0 Å². The summed E-state index contributed by atoms with van der Waals surface area (Å²) in [5.74, 6) is -0.683. The number of hydrogen-bond acceptors (Lipinski definition) is 8. The van der Waals surface area contributed by atoms with Crippen LogP contribution in [0, 0.1) is 0 Å². The summed E-state index contributed by atoms with van der Waals surface area (Å²) in [6, 6.07) is 3.33. The van der Waals surface area contributed by atoms with Crippen LogP contribution in [0.5, 0.6) is 0 Å². The van der Waals surface area contributed by atoms with E-state index >= 15 is 0 Å². The first kappa shape index (κ1) is 18.0. The van der Waals surface area contributed by atoms with Crippen molar-refractivity contribution in [2.24, 2.45) is 0 Å². The third-order valence-electron chi connectivity index (χ3n) is 2.38. The molecule has 0 aromatic carbocycles. The van der Waals surface area contributed by atoms with Crippen LogP contribution in [0.1, 0.15) is 34.6 Å². The Kier molecular flexibility index (Phi) is 7.41. The molecule has 2 aromatic rings. The molecule has 0 amide bonds. The van der Waals surface area contributed by atoms with Crippen molar-refractivity contribution in [1.82, 2.24) is 0 Å². The molecule has 120 valence electrons. The average Bonchev–Trinajstić information content (AvgIpc) is 3.08. The molecule has 0 radical (unpaired) electrons. The molecule has 22 heavy (non-hydrogen) atoms. The van der Waals surface area contributed by atoms with E-state index in [1.165, 1.54) is 22.7 Å². The second kappa shape index (κ2) is 9.06. The predicted molar refractivity (Wildman–Crippen MR) is 89.4 cm³/mol. The summed E-state index contributed by atoms with van der Waals surface area (Å²) < 4.78 is 9.51. The standard InChI is InChI=1S/2C7H9NO2S/c2*1-2-10-7(9)5-3-4-11-6(5)8/h2*3-4H,2,8H2,1H3. The van der Waals surface area contributed by atoms with Gasteiger partial charge in [-0.25, -0.2) is 9.59 Å². The largest absolute Gasteiger partial charge is 0.462 e. The fourth-order valence-corrected chi connectivity index (χ4v) is 2.66. The Morgan fingerprint density at radius 2 is 1.27 bits per heavy atom. The number of nitrogens with two attached hydrogens (primary N) is 2. The number of carbonyl (C=O) groups excluding carboxylic acids is 2. The van der Waals surface area contributed by atoms with Gasteiger partial charge < -0.3 is 20.9 Å². The molecule has 0 atom stereocenters. The van der Waals surface area contributed by atoms with Gasteiger partial charge in [0.2, 0.25) is 0 Å². The molecule has 0 bridgehead atoms. The molecular formula is C14H18N2O4S2. The molecule has 2 rings (SSSR count). The summed E-state index contributed by atoms with van der Waals surface area (Å²) in [5.41, 5.74) is 11.9. The number of rotatable bonds is 4.